The third-order valence-electron chi connectivity index (χ3n) is 2.47. The van der Waals surface area contributed by atoms with Gasteiger partial charge in [0.2, 0.25) is 5.91 Å². The number of hydrogen-bond acceptors (Lipinski definition) is 2. The first-order valence-corrected chi connectivity index (χ1v) is 5.60. The second-order valence-electron chi connectivity index (χ2n) is 3.81. The quantitative estimate of drug-likeness (QED) is 0.830. The van der Waals surface area contributed by atoms with Crippen LogP contribution in [0.15, 0.2) is 24.3 Å². The Morgan fingerprint density at radius 1 is 1.38 bits per heavy atom. The highest BCUT2D eigenvalue weighted by molar-refractivity contribution is 5.76. The minimum Gasteiger partial charge on any atom is -0.497 e. The fraction of sp³-hybridized carbons (Fsp3) is 0.462. The monoisotopic (exact) mass is 221 g/mol. The molecule has 0 aromatic heterocycles. The van der Waals surface area contributed by atoms with Crippen molar-refractivity contribution < 1.29 is 9.53 Å². The predicted octanol–water partition coefficient (Wildman–Crippen LogP) is 2.67. The topological polar surface area (TPSA) is 38.3 Å². The van der Waals surface area contributed by atoms with E-state index in [2.05, 4.69) is 5.32 Å². The Hall–Kier alpha value is -1.51. The van der Waals surface area contributed by atoms with E-state index in [9.17, 15) is 4.79 Å². The Balaban J connectivity index is 2.58. The highest BCUT2D eigenvalue weighted by atomic mass is 16.5. The molecule has 3 nitrogen and oxygen atoms in total. The first-order valence-electron chi connectivity index (χ1n) is 5.60. The maximum absolute atomic E-state index is 11.4. The van der Waals surface area contributed by atoms with Crippen molar-refractivity contribution in [1.82, 2.24) is 5.32 Å². The number of ether oxygens (including phenoxy) is 1. The molecule has 0 heterocycles. The number of carbonyl (C=O) groups is 1. The summed E-state index contributed by atoms with van der Waals surface area (Å²) in [5.74, 6) is 0.932. The Morgan fingerprint density at radius 3 is 2.50 bits per heavy atom. The average Bonchev–Trinajstić information content (AvgIpc) is 2.29. The lowest BCUT2D eigenvalue weighted by atomic mass is 10.1. The van der Waals surface area contributed by atoms with Crippen molar-refractivity contribution in [3.63, 3.8) is 0 Å². The largest absolute Gasteiger partial charge is 0.497 e. The van der Waals surface area contributed by atoms with E-state index in [1.807, 2.05) is 38.1 Å². The first kappa shape index (κ1) is 12.6. The Bertz CT molecular complexity index is 332. The summed E-state index contributed by atoms with van der Waals surface area (Å²) in [5.41, 5.74) is 1.09. The van der Waals surface area contributed by atoms with Gasteiger partial charge < -0.3 is 10.1 Å². The SMILES string of the molecule is CCCC(=O)NC(C)c1ccc(OC)cc1. The molecule has 3 heteroatoms. The van der Waals surface area contributed by atoms with Gasteiger partial charge in [-0.3, -0.25) is 4.79 Å². The molecule has 1 aromatic carbocycles. The Kier molecular flexibility index (Phi) is 4.83. The molecule has 1 unspecified atom stereocenters. The van der Waals surface area contributed by atoms with E-state index in [0.29, 0.717) is 6.42 Å². The van der Waals surface area contributed by atoms with Crippen LogP contribution in [0.4, 0.5) is 0 Å². The molecule has 88 valence electrons. The molecule has 1 aromatic rings. The molecule has 0 saturated heterocycles. The highest BCUT2D eigenvalue weighted by Gasteiger charge is 2.08. The van der Waals surface area contributed by atoms with Crippen LogP contribution in [0.25, 0.3) is 0 Å². The van der Waals surface area contributed by atoms with Gasteiger partial charge in [-0.2, -0.15) is 0 Å². The van der Waals surface area contributed by atoms with Gasteiger partial charge in [0.05, 0.1) is 13.2 Å². The van der Waals surface area contributed by atoms with Crippen LogP contribution in [-0.4, -0.2) is 13.0 Å². The van der Waals surface area contributed by atoms with Gasteiger partial charge in [0.25, 0.3) is 0 Å². The van der Waals surface area contributed by atoms with Crippen LogP contribution in [0.2, 0.25) is 0 Å². The van der Waals surface area contributed by atoms with Gasteiger partial charge >= 0.3 is 0 Å². The van der Waals surface area contributed by atoms with E-state index in [1.165, 1.54) is 0 Å². The van der Waals surface area contributed by atoms with Gasteiger partial charge in [-0.1, -0.05) is 19.1 Å². The van der Waals surface area contributed by atoms with E-state index in [1.54, 1.807) is 7.11 Å². The molecule has 0 radical (unpaired) electrons. The number of rotatable bonds is 5. The lowest BCUT2D eigenvalue weighted by Gasteiger charge is -2.14. The number of benzene rings is 1. The predicted molar refractivity (Wildman–Crippen MR) is 64.5 cm³/mol. The second kappa shape index (κ2) is 6.16. The molecular weight excluding hydrogens is 202 g/mol. The minimum atomic E-state index is 0.0463. The summed E-state index contributed by atoms with van der Waals surface area (Å²) in [6.07, 6.45) is 1.46. The third kappa shape index (κ3) is 3.57. The van der Waals surface area contributed by atoms with Crippen molar-refractivity contribution in [3.05, 3.63) is 29.8 Å². The zero-order chi connectivity index (χ0) is 12.0. The minimum absolute atomic E-state index is 0.0463. The third-order valence-corrected chi connectivity index (χ3v) is 2.47. The normalized spacial score (nSPS) is 11.9. The molecule has 1 amide bonds. The number of carbonyl (C=O) groups excluding carboxylic acids is 1. The lowest BCUT2D eigenvalue weighted by molar-refractivity contribution is -0.121. The summed E-state index contributed by atoms with van der Waals surface area (Å²) >= 11 is 0. The molecule has 0 saturated carbocycles. The van der Waals surface area contributed by atoms with Crippen molar-refractivity contribution >= 4 is 5.91 Å². The Morgan fingerprint density at radius 2 is 2.00 bits per heavy atom. The molecule has 0 aliphatic heterocycles. The van der Waals surface area contributed by atoms with Crippen LogP contribution < -0.4 is 10.1 Å². The van der Waals surface area contributed by atoms with E-state index >= 15 is 0 Å². The smallest absolute Gasteiger partial charge is 0.220 e. The number of nitrogens with one attached hydrogen (secondary N) is 1. The maximum Gasteiger partial charge on any atom is 0.220 e. The summed E-state index contributed by atoms with van der Waals surface area (Å²) in [4.78, 5) is 11.4. The van der Waals surface area contributed by atoms with Crippen LogP contribution in [-0.2, 0) is 4.79 Å². The highest BCUT2D eigenvalue weighted by Crippen LogP contribution is 2.17. The van der Waals surface area contributed by atoms with E-state index in [-0.39, 0.29) is 11.9 Å². The van der Waals surface area contributed by atoms with Gasteiger partial charge in [0, 0.05) is 6.42 Å². The zero-order valence-electron chi connectivity index (χ0n) is 10.1. The van der Waals surface area contributed by atoms with Gasteiger partial charge in [0.1, 0.15) is 5.75 Å². The average molecular weight is 221 g/mol. The summed E-state index contributed by atoms with van der Waals surface area (Å²) in [7, 11) is 1.64. The Labute approximate surface area is 96.8 Å². The van der Waals surface area contributed by atoms with Gasteiger partial charge in [-0.05, 0) is 31.0 Å². The van der Waals surface area contributed by atoms with E-state index < -0.39 is 0 Å². The molecule has 0 aliphatic rings. The van der Waals surface area contributed by atoms with E-state index in [4.69, 9.17) is 4.74 Å². The van der Waals surface area contributed by atoms with Gasteiger partial charge in [0.15, 0.2) is 0 Å². The van der Waals surface area contributed by atoms with Crippen LogP contribution >= 0.6 is 0 Å². The van der Waals surface area contributed by atoms with E-state index in [0.717, 1.165) is 17.7 Å². The van der Waals surface area contributed by atoms with Gasteiger partial charge in [-0.15, -0.1) is 0 Å². The van der Waals surface area contributed by atoms with Crippen molar-refractivity contribution in [2.45, 2.75) is 32.7 Å². The number of amides is 1. The first-order chi connectivity index (χ1) is 7.67. The molecule has 1 rings (SSSR count). The molecule has 1 atom stereocenters. The maximum atomic E-state index is 11.4. The molecule has 0 fully saturated rings. The second-order valence-corrected chi connectivity index (χ2v) is 3.81. The summed E-state index contributed by atoms with van der Waals surface area (Å²) < 4.78 is 5.08. The van der Waals surface area contributed by atoms with Crippen LogP contribution in [0, 0.1) is 0 Å². The number of hydrogen-bond donors (Lipinski definition) is 1. The summed E-state index contributed by atoms with van der Waals surface area (Å²) in [5, 5.41) is 2.95. The molecule has 16 heavy (non-hydrogen) atoms. The molecule has 0 aliphatic carbocycles. The molecular formula is C13H19NO2. The van der Waals surface area contributed by atoms with Crippen LogP contribution in [0.5, 0.6) is 5.75 Å². The van der Waals surface area contributed by atoms with Crippen molar-refractivity contribution in [1.29, 1.82) is 0 Å². The van der Waals surface area contributed by atoms with Crippen molar-refractivity contribution in [2.75, 3.05) is 7.11 Å². The standard InChI is InChI=1S/C13H19NO2/c1-4-5-13(15)14-10(2)11-6-8-12(16-3)9-7-11/h6-10H,4-5H2,1-3H3,(H,14,15). The van der Waals surface area contributed by atoms with Crippen LogP contribution in [0.1, 0.15) is 38.3 Å². The molecule has 0 spiro atoms. The summed E-state index contributed by atoms with van der Waals surface area (Å²) in [6.45, 7) is 3.98. The number of methoxy groups -OCH3 is 1. The van der Waals surface area contributed by atoms with Crippen LogP contribution in [0.3, 0.4) is 0 Å². The molecule has 0 bridgehead atoms. The fourth-order valence-corrected chi connectivity index (χ4v) is 1.52. The fourth-order valence-electron chi connectivity index (χ4n) is 1.52. The van der Waals surface area contributed by atoms with Crippen molar-refractivity contribution in [2.24, 2.45) is 0 Å². The lowest BCUT2D eigenvalue weighted by Crippen LogP contribution is -2.26. The molecule has 1 N–H and O–H groups in total. The van der Waals surface area contributed by atoms with Gasteiger partial charge in [-0.25, -0.2) is 0 Å². The zero-order valence-corrected chi connectivity index (χ0v) is 10.1. The summed E-state index contributed by atoms with van der Waals surface area (Å²) in [6, 6.07) is 7.78. The van der Waals surface area contributed by atoms with Crippen molar-refractivity contribution in [3.8, 4) is 5.75 Å².